The average molecular weight is 459 g/mol. The number of thioether (sulfide) groups is 1. The van der Waals surface area contributed by atoms with E-state index in [1.165, 1.54) is 17.0 Å². The number of hydrogen-bond acceptors (Lipinski definition) is 5. The first-order chi connectivity index (χ1) is 15.1. The van der Waals surface area contributed by atoms with Crippen LogP contribution in [0.25, 0.3) is 5.00 Å². The van der Waals surface area contributed by atoms with E-state index in [0.29, 0.717) is 17.7 Å². The summed E-state index contributed by atoms with van der Waals surface area (Å²) in [4.78, 5) is 28.5. The Morgan fingerprint density at radius 2 is 2.03 bits per heavy atom. The predicted molar refractivity (Wildman–Crippen MR) is 121 cm³/mol. The van der Waals surface area contributed by atoms with Gasteiger partial charge in [0, 0.05) is 36.1 Å². The Labute approximate surface area is 188 Å². The van der Waals surface area contributed by atoms with Gasteiger partial charge in [0.15, 0.2) is 6.61 Å². The number of carbonyl (C=O) groups is 2. The van der Waals surface area contributed by atoms with Crippen LogP contribution in [0, 0.1) is 5.82 Å². The molecule has 31 heavy (non-hydrogen) atoms. The molecule has 0 radical (unpaired) electrons. The monoisotopic (exact) mass is 458 g/mol. The van der Waals surface area contributed by atoms with E-state index in [4.69, 9.17) is 4.74 Å². The summed E-state index contributed by atoms with van der Waals surface area (Å²) >= 11 is 3.46. The number of nitrogens with zero attached hydrogens (tertiary/aromatic N) is 2. The SMILES string of the molecule is CCN(Cc1cccc(F)c1)C(=O)COC(=O)c1c(-n2cccc2)sc2c1CCSC2. The zero-order chi connectivity index (χ0) is 21.8. The van der Waals surface area contributed by atoms with Gasteiger partial charge < -0.3 is 14.2 Å². The second kappa shape index (κ2) is 9.70. The Balaban J connectivity index is 1.48. The Hall–Kier alpha value is -2.58. The van der Waals surface area contributed by atoms with Crippen LogP contribution >= 0.6 is 23.1 Å². The van der Waals surface area contributed by atoms with Crippen LogP contribution in [0.1, 0.15) is 33.3 Å². The van der Waals surface area contributed by atoms with Crippen molar-refractivity contribution in [2.45, 2.75) is 25.6 Å². The Bertz CT molecular complexity index is 1080. The van der Waals surface area contributed by atoms with Gasteiger partial charge in [-0.2, -0.15) is 11.8 Å². The van der Waals surface area contributed by atoms with Gasteiger partial charge in [-0.05, 0) is 54.5 Å². The van der Waals surface area contributed by atoms with Crippen molar-refractivity contribution < 1.29 is 18.7 Å². The van der Waals surface area contributed by atoms with Crippen molar-refractivity contribution in [2.75, 3.05) is 18.9 Å². The summed E-state index contributed by atoms with van der Waals surface area (Å²) in [7, 11) is 0. The highest BCUT2D eigenvalue weighted by atomic mass is 32.2. The lowest BCUT2D eigenvalue weighted by Gasteiger charge is -2.21. The maximum absolute atomic E-state index is 13.5. The minimum Gasteiger partial charge on any atom is -0.452 e. The number of halogens is 1. The normalized spacial score (nSPS) is 13.0. The van der Waals surface area contributed by atoms with Gasteiger partial charge in [-0.25, -0.2) is 9.18 Å². The van der Waals surface area contributed by atoms with E-state index in [9.17, 15) is 14.0 Å². The summed E-state index contributed by atoms with van der Waals surface area (Å²) in [6.07, 6.45) is 4.63. The molecule has 0 unspecified atom stereocenters. The molecule has 1 amide bonds. The molecule has 0 N–H and O–H groups in total. The molecule has 2 aromatic heterocycles. The lowest BCUT2D eigenvalue weighted by Crippen LogP contribution is -2.34. The first-order valence-electron chi connectivity index (χ1n) is 10.1. The van der Waals surface area contributed by atoms with Crippen molar-refractivity contribution in [1.29, 1.82) is 0 Å². The van der Waals surface area contributed by atoms with Crippen molar-refractivity contribution in [2.24, 2.45) is 0 Å². The summed E-state index contributed by atoms with van der Waals surface area (Å²) in [5, 5.41) is 0.835. The molecule has 3 aromatic rings. The highest BCUT2D eigenvalue weighted by molar-refractivity contribution is 7.98. The molecule has 1 aliphatic rings. The minimum absolute atomic E-state index is 0.268. The van der Waals surface area contributed by atoms with Crippen molar-refractivity contribution in [1.82, 2.24) is 9.47 Å². The van der Waals surface area contributed by atoms with E-state index in [1.807, 2.05) is 47.8 Å². The number of hydrogen-bond donors (Lipinski definition) is 0. The molecule has 4 rings (SSSR count). The van der Waals surface area contributed by atoms with Crippen LogP contribution in [0.3, 0.4) is 0 Å². The third-order valence-corrected chi connectivity index (χ3v) is 7.58. The Kier molecular flexibility index (Phi) is 6.77. The number of carbonyl (C=O) groups excluding carboxylic acids is 2. The zero-order valence-electron chi connectivity index (χ0n) is 17.2. The van der Waals surface area contributed by atoms with Crippen LogP contribution < -0.4 is 0 Å². The van der Waals surface area contributed by atoms with Crippen LogP contribution in [0.5, 0.6) is 0 Å². The standard InChI is InChI=1S/C23H23FN2O3S2/c1-2-25(13-16-6-5-7-17(24)12-16)20(27)14-29-23(28)21-18-8-11-30-15-19(18)31-22(21)26-9-3-4-10-26/h3-7,9-10,12H,2,8,11,13-15H2,1H3. The minimum atomic E-state index is -0.469. The number of aromatic nitrogens is 1. The topological polar surface area (TPSA) is 51.5 Å². The van der Waals surface area contributed by atoms with Crippen molar-refractivity contribution in [3.63, 3.8) is 0 Å². The molecule has 0 saturated carbocycles. The van der Waals surface area contributed by atoms with Crippen LogP contribution in [0.15, 0.2) is 48.8 Å². The van der Waals surface area contributed by atoms with Gasteiger partial charge in [-0.3, -0.25) is 4.79 Å². The van der Waals surface area contributed by atoms with E-state index in [1.54, 1.807) is 28.4 Å². The number of thiophene rings is 1. The second-order valence-corrected chi connectivity index (χ2v) is 9.38. The van der Waals surface area contributed by atoms with Gasteiger partial charge in [0.1, 0.15) is 10.8 Å². The van der Waals surface area contributed by atoms with Crippen LogP contribution in [-0.2, 0) is 28.2 Å². The second-order valence-electron chi connectivity index (χ2n) is 7.19. The molecule has 0 fully saturated rings. The Morgan fingerprint density at radius 3 is 2.77 bits per heavy atom. The van der Waals surface area contributed by atoms with Crippen LogP contribution in [0.2, 0.25) is 0 Å². The average Bonchev–Trinajstić information content (AvgIpc) is 3.43. The first kappa shape index (κ1) is 21.6. The summed E-state index contributed by atoms with van der Waals surface area (Å²) in [5.74, 6) is 0.735. The number of benzene rings is 1. The first-order valence-corrected chi connectivity index (χ1v) is 12.1. The van der Waals surface area contributed by atoms with Gasteiger partial charge >= 0.3 is 5.97 Å². The molecule has 3 heterocycles. The summed E-state index contributed by atoms with van der Waals surface area (Å²) < 4.78 is 20.9. The zero-order valence-corrected chi connectivity index (χ0v) is 18.8. The maximum Gasteiger partial charge on any atom is 0.341 e. The third kappa shape index (κ3) is 4.85. The fourth-order valence-electron chi connectivity index (χ4n) is 3.60. The quantitative estimate of drug-likeness (QED) is 0.483. The van der Waals surface area contributed by atoms with E-state index in [-0.39, 0.29) is 24.9 Å². The number of ether oxygens (including phenoxy) is 1. The molecule has 1 aromatic carbocycles. The number of fused-ring (bicyclic) bond motifs is 1. The van der Waals surface area contributed by atoms with Gasteiger partial charge in [0.2, 0.25) is 0 Å². The van der Waals surface area contributed by atoms with Crippen LogP contribution in [-0.4, -0.2) is 40.2 Å². The number of likely N-dealkylation sites (N-methyl/N-ethyl adjacent to an activating group) is 1. The van der Waals surface area contributed by atoms with Crippen molar-refractivity contribution >= 4 is 35.0 Å². The molecular formula is C23H23FN2O3S2. The van der Waals surface area contributed by atoms with Gasteiger partial charge in [0.25, 0.3) is 5.91 Å². The van der Waals surface area contributed by atoms with E-state index < -0.39 is 5.97 Å². The van der Waals surface area contributed by atoms with Gasteiger partial charge in [-0.1, -0.05) is 12.1 Å². The molecule has 8 heteroatoms. The lowest BCUT2D eigenvalue weighted by atomic mass is 10.1. The summed E-state index contributed by atoms with van der Waals surface area (Å²) in [6.45, 7) is 2.21. The molecule has 0 aliphatic carbocycles. The number of amides is 1. The molecule has 1 aliphatic heterocycles. The molecular weight excluding hydrogens is 435 g/mol. The highest BCUT2D eigenvalue weighted by Crippen LogP contribution is 2.38. The number of rotatable bonds is 7. The van der Waals surface area contributed by atoms with Gasteiger partial charge in [0.05, 0.1) is 5.56 Å². The van der Waals surface area contributed by atoms with Crippen LogP contribution in [0.4, 0.5) is 4.39 Å². The molecule has 0 bridgehead atoms. The van der Waals surface area contributed by atoms with Gasteiger partial charge in [-0.15, -0.1) is 11.3 Å². The largest absolute Gasteiger partial charge is 0.452 e. The Morgan fingerprint density at radius 1 is 1.23 bits per heavy atom. The summed E-state index contributed by atoms with van der Waals surface area (Å²) in [6, 6.07) is 9.98. The highest BCUT2D eigenvalue weighted by Gasteiger charge is 2.28. The predicted octanol–water partition coefficient (Wildman–Crippen LogP) is 4.67. The smallest absolute Gasteiger partial charge is 0.341 e. The fraction of sp³-hybridized carbons (Fsp3) is 0.304. The molecule has 0 spiro atoms. The van der Waals surface area contributed by atoms with Crippen molar-refractivity contribution in [3.8, 4) is 5.00 Å². The molecule has 5 nitrogen and oxygen atoms in total. The lowest BCUT2D eigenvalue weighted by molar-refractivity contribution is -0.134. The third-order valence-electron chi connectivity index (χ3n) is 5.17. The van der Waals surface area contributed by atoms with E-state index >= 15 is 0 Å². The fourth-order valence-corrected chi connectivity index (χ4v) is 6.04. The summed E-state index contributed by atoms with van der Waals surface area (Å²) in [5.41, 5.74) is 2.30. The van der Waals surface area contributed by atoms with E-state index in [2.05, 4.69) is 0 Å². The van der Waals surface area contributed by atoms with E-state index in [0.717, 1.165) is 28.5 Å². The molecule has 0 atom stereocenters. The number of esters is 1. The molecule has 162 valence electrons. The van der Waals surface area contributed by atoms with Crippen molar-refractivity contribution in [3.05, 3.63) is 76.2 Å². The maximum atomic E-state index is 13.5. The molecule has 0 saturated heterocycles.